The first-order valence-corrected chi connectivity index (χ1v) is 11.2. The number of benzene rings is 1. The van der Waals surface area contributed by atoms with E-state index in [-0.39, 0.29) is 5.91 Å². The number of hydrogen-bond acceptors (Lipinski definition) is 5. The molecule has 0 saturated carbocycles. The summed E-state index contributed by atoms with van der Waals surface area (Å²) < 4.78 is 2.99. The zero-order chi connectivity index (χ0) is 20.2. The number of hydrogen-bond donors (Lipinski definition) is 0. The highest BCUT2D eigenvalue weighted by atomic mass is 35.5. The zero-order valence-corrected chi connectivity index (χ0v) is 18.2. The fourth-order valence-electron chi connectivity index (χ4n) is 3.02. The van der Waals surface area contributed by atoms with E-state index in [9.17, 15) is 4.79 Å². The lowest BCUT2D eigenvalue weighted by Gasteiger charge is -2.18. The highest BCUT2D eigenvalue weighted by Gasteiger charge is 2.18. The Morgan fingerprint density at radius 2 is 2.28 bits per heavy atom. The highest BCUT2D eigenvalue weighted by molar-refractivity contribution is 7.22. The van der Waals surface area contributed by atoms with Gasteiger partial charge in [-0.3, -0.25) is 9.69 Å². The number of aryl methyl sites for hydroxylation is 2. The lowest BCUT2D eigenvalue weighted by atomic mass is 10.2. The van der Waals surface area contributed by atoms with Crippen molar-refractivity contribution in [3.8, 4) is 0 Å². The van der Waals surface area contributed by atoms with Gasteiger partial charge >= 0.3 is 0 Å². The van der Waals surface area contributed by atoms with Crippen molar-refractivity contribution in [1.82, 2.24) is 14.5 Å². The van der Waals surface area contributed by atoms with Gasteiger partial charge < -0.3 is 4.57 Å². The maximum absolute atomic E-state index is 13.0. The van der Waals surface area contributed by atoms with Crippen molar-refractivity contribution in [2.75, 3.05) is 11.4 Å². The number of aromatic nitrogens is 3. The minimum absolute atomic E-state index is 0.0770. The predicted octanol–water partition coefficient (Wildman–Crippen LogP) is 5.65. The summed E-state index contributed by atoms with van der Waals surface area (Å²) in [6, 6.07) is 7.76. The molecular weight excluding hydrogens is 424 g/mol. The molecule has 0 aliphatic heterocycles. The molecular formula is C21H19ClN4OS2. The van der Waals surface area contributed by atoms with E-state index < -0.39 is 0 Å². The number of fused-ring (bicyclic) bond motifs is 1. The smallest absolute Gasteiger partial charge is 0.252 e. The van der Waals surface area contributed by atoms with Crippen LogP contribution in [0, 0.1) is 6.92 Å². The SMILES string of the molecule is Cc1cc(Cl)cc2sc(N(CCCn3ccnc3)C(=O)C=Cc3cccs3)nc12. The van der Waals surface area contributed by atoms with Gasteiger partial charge in [0.1, 0.15) is 0 Å². The summed E-state index contributed by atoms with van der Waals surface area (Å²) in [7, 11) is 0. The molecule has 4 aromatic rings. The van der Waals surface area contributed by atoms with Crippen LogP contribution in [0.1, 0.15) is 16.9 Å². The topological polar surface area (TPSA) is 51.0 Å². The number of thiophene rings is 1. The maximum Gasteiger partial charge on any atom is 0.252 e. The minimum atomic E-state index is -0.0770. The normalized spacial score (nSPS) is 11.5. The number of carbonyl (C=O) groups is 1. The second-order valence-electron chi connectivity index (χ2n) is 6.56. The second-order valence-corrected chi connectivity index (χ2v) is 8.98. The van der Waals surface area contributed by atoms with Crippen LogP contribution in [0.5, 0.6) is 0 Å². The van der Waals surface area contributed by atoms with Crippen molar-refractivity contribution < 1.29 is 4.79 Å². The van der Waals surface area contributed by atoms with Crippen LogP contribution in [0.2, 0.25) is 5.02 Å². The standard InChI is InChI=1S/C21H19ClN4OS2/c1-15-12-16(22)13-18-20(15)24-21(29-18)26(9-3-8-25-10-7-23-14-25)19(27)6-5-17-4-2-11-28-17/h2,4-7,10-14H,3,8-9H2,1H3. The molecule has 1 aromatic carbocycles. The average molecular weight is 443 g/mol. The van der Waals surface area contributed by atoms with Gasteiger partial charge in [-0.15, -0.1) is 11.3 Å². The summed E-state index contributed by atoms with van der Waals surface area (Å²) in [5.41, 5.74) is 1.90. The monoisotopic (exact) mass is 442 g/mol. The molecule has 0 N–H and O–H groups in total. The molecule has 0 spiro atoms. The van der Waals surface area contributed by atoms with Crippen LogP contribution in [0.15, 0.2) is 54.4 Å². The second kappa shape index (κ2) is 8.90. The maximum atomic E-state index is 13.0. The Balaban J connectivity index is 1.59. The molecule has 0 aliphatic rings. The first kappa shape index (κ1) is 19.8. The quantitative estimate of drug-likeness (QED) is 0.347. The van der Waals surface area contributed by atoms with E-state index in [1.807, 2.05) is 53.4 Å². The van der Waals surface area contributed by atoms with E-state index in [0.29, 0.717) is 16.7 Å². The number of nitrogens with zero attached hydrogens (tertiary/aromatic N) is 4. The summed E-state index contributed by atoms with van der Waals surface area (Å²) in [6.07, 6.45) is 9.73. The molecule has 0 saturated heterocycles. The van der Waals surface area contributed by atoms with E-state index >= 15 is 0 Å². The van der Waals surface area contributed by atoms with Crippen molar-refractivity contribution in [2.24, 2.45) is 0 Å². The molecule has 0 fully saturated rings. The van der Waals surface area contributed by atoms with Gasteiger partial charge in [-0.2, -0.15) is 0 Å². The van der Waals surface area contributed by atoms with E-state index in [4.69, 9.17) is 16.6 Å². The van der Waals surface area contributed by atoms with Gasteiger partial charge in [0.15, 0.2) is 5.13 Å². The van der Waals surface area contributed by atoms with Crippen LogP contribution in [0.25, 0.3) is 16.3 Å². The van der Waals surface area contributed by atoms with Gasteiger partial charge in [-0.1, -0.05) is 29.0 Å². The average Bonchev–Trinajstić information content (AvgIpc) is 3.44. The summed E-state index contributed by atoms with van der Waals surface area (Å²) in [4.78, 5) is 24.6. The molecule has 8 heteroatoms. The number of anilines is 1. The Bertz CT molecular complexity index is 1130. The number of carbonyl (C=O) groups excluding carboxylic acids is 1. The van der Waals surface area contributed by atoms with E-state index in [2.05, 4.69) is 4.98 Å². The third-order valence-electron chi connectivity index (χ3n) is 4.43. The van der Waals surface area contributed by atoms with E-state index in [1.165, 1.54) is 11.3 Å². The van der Waals surface area contributed by atoms with Crippen molar-refractivity contribution in [3.05, 3.63) is 69.9 Å². The van der Waals surface area contributed by atoms with Gasteiger partial charge in [-0.05, 0) is 48.6 Å². The molecule has 1 amide bonds. The Morgan fingerprint density at radius 3 is 3.03 bits per heavy atom. The Morgan fingerprint density at radius 1 is 1.38 bits per heavy atom. The lowest BCUT2D eigenvalue weighted by Crippen LogP contribution is -2.30. The fourth-order valence-corrected chi connectivity index (χ4v) is 5.09. The van der Waals surface area contributed by atoms with Crippen molar-refractivity contribution in [3.63, 3.8) is 0 Å². The molecule has 148 valence electrons. The predicted molar refractivity (Wildman–Crippen MR) is 122 cm³/mol. The minimum Gasteiger partial charge on any atom is -0.337 e. The molecule has 29 heavy (non-hydrogen) atoms. The zero-order valence-electron chi connectivity index (χ0n) is 15.8. The fraction of sp³-hybridized carbons (Fsp3) is 0.190. The first-order valence-electron chi connectivity index (χ1n) is 9.15. The number of rotatable bonds is 7. The van der Waals surface area contributed by atoms with Crippen LogP contribution in [-0.4, -0.2) is 27.0 Å². The number of halogens is 1. The third-order valence-corrected chi connectivity index (χ3v) is 6.51. The highest BCUT2D eigenvalue weighted by Crippen LogP contribution is 2.33. The Kier molecular flexibility index (Phi) is 6.08. The molecule has 3 aromatic heterocycles. The van der Waals surface area contributed by atoms with E-state index in [1.54, 1.807) is 34.8 Å². The van der Waals surface area contributed by atoms with Crippen LogP contribution >= 0.6 is 34.3 Å². The lowest BCUT2D eigenvalue weighted by molar-refractivity contribution is -0.114. The van der Waals surface area contributed by atoms with Gasteiger partial charge in [0.05, 0.1) is 16.5 Å². The molecule has 0 unspecified atom stereocenters. The molecule has 5 nitrogen and oxygen atoms in total. The summed E-state index contributed by atoms with van der Waals surface area (Å²) in [5.74, 6) is -0.0770. The molecule has 0 atom stereocenters. The summed E-state index contributed by atoms with van der Waals surface area (Å²) >= 11 is 9.30. The largest absolute Gasteiger partial charge is 0.337 e. The molecule has 4 rings (SSSR count). The Labute approximate surface area is 181 Å². The summed E-state index contributed by atoms with van der Waals surface area (Å²) in [6.45, 7) is 3.34. The van der Waals surface area contributed by atoms with Crippen molar-refractivity contribution in [2.45, 2.75) is 19.9 Å². The molecule has 0 radical (unpaired) electrons. The van der Waals surface area contributed by atoms with Gasteiger partial charge in [-0.25, -0.2) is 9.97 Å². The van der Waals surface area contributed by atoms with E-state index in [0.717, 1.165) is 33.6 Å². The van der Waals surface area contributed by atoms with Crippen LogP contribution in [0.4, 0.5) is 5.13 Å². The number of thiazole rings is 1. The van der Waals surface area contributed by atoms with Crippen LogP contribution < -0.4 is 4.90 Å². The van der Waals surface area contributed by atoms with Crippen LogP contribution in [-0.2, 0) is 11.3 Å². The van der Waals surface area contributed by atoms with Gasteiger partial charge in [0.25, 0.3) is 5.91 Å². The number of imidazole rings is 1. The Hall–Kier alpha value is -2.48. The molecule has 3 heterocycles. The third kappa shape index (κ3) is 4.75. The van der Waals surface area contributed by atoms with Crippen LogP contribution in [0.3, 0.4) is 0 Å². The summed E-state index contributed by atoms with van der Waals surface area (Å²) in [5, 5.41) is 3.37. The molecule has 0 aliphatic carbocycles. The number of amides is 1. The van der Waals surface area contributed by atoms with Gasteiger partial charge in [0.2, 0.25) is 0 Å². The molecule has 0 bridgehead atoms. The first-order chi connectivity index (χ1) is 14.1. The van der Waals surface area contributed by atoms with Crippen molar-refractivity contribution >= 4 is 61.6 Å². The van der Waals surface area contributed by atoms with Gasteiger partial charge in [0, 0.05) is 41.5 Å². The van der Waals surface area contributed by atoms with Crippen molar-refractivity contribution in [1.29, 1.82) is 0 Å².